The fraction of sp³-hybridized carbons (Fsp3) is 0.455. The van der Waals surface area contributed by atoms with E-state index in [0.29, 0.717) is 12.2 Å². The zero-order valence-electron chi connectivity index (χ0n) is 9.88. The van der Waals surface area contributed by atoms with Gasteiger partial charge < -0.3 is 10.1 Å². The molecule has 9 heteroatoms. The van der Waals surface area contributed by atoms with Crippen LogP contribution in [0.2, 0.25) is 0 Å². The number of aromatic nitrogens is 1. The van der Waals surface area contributed by atoms with E-state index < -0.39 is 29.3 Å². The molecule has 20 heavy (non-hydrogen) atoms. The number of alkyl halides is 3. The molecule has 1 amide bonds. The Hall–Kier alpha value is -1.51. The number of ether oxygens (including phenoxy) is 1. The number of carbonyl (C=O) groups excluding carboxylic acids is 1. The smallest absolute Gasteiger partial charge is 0.436 e. The van der Waals surface area contributed by atoms with Gasteiger partial charge in [0.05, 0.1) is 4.90 Å². The molecule has 3 heterocycles. The van der Waals surface area contributed by atoms with E-state index >= 15 is 0 Å². The summed E-state index contributed by atoms with van der Waals surface area (Å²) < 4.78 is 56.8. The lowest BCUT2D eigenvalue weighted by atomic mass is 9.89. The first kappa shape index (κ1) is 13.5. The molecule has 0 bridgehead atoms. The van der Waals surface area contributed by atoms with Crippen molar-refractivity contribution in [2.45, 2.75) is 23.0 Å². The van der Waals surface area contributed by atoms with Gasteiger partial charge in [0.1, 0.15) is 12.1 Å². The van der Waals surface area contributed by atoms with Gasteiger partial charge in [0.15, 0.2) is 11.5 Å². The Morgan fingerprint density at radius 1 is 1.45 bits per heavy atom. The van der Waals surface area contributed by atoms with Crippen molar-refractivity contribution in [2.24, 2.45) is 0 Å². The maximum atomic E-state index is 14.0. The molecule has 2 aliphatic heterocycles. The van der Waals surface area contributed by atoms with Crippen LogP contribution in [-0.2, 0) is 16.5 Å². The lowest BCUT2D eigenvalue weighted by Crippen LogP contribution is -2.43. The second-order valence-electron chi connectivity index (χ2n) is 4.54. The highest BCUT2D eigenvalue weighted by molar-refractivity contribution is 7.99. The summed E-state index contributed by atoms with van der Waals surface area (Å²) in [6.45, 7) is -0.0358. The average molecular weight is 308 g/mol. The number of fused-ring (bicyclic) bond motifs is 2. The molecule has 0 unspecified atom stereocenters. The number of cyclic esters (lactones) is 1. The predicted molar refractivity (Wildman–Crippen MR) is 60.7 cm³/mol. The molecule has 108 valence electrons. The fourth-order valence-corrected chi connectivity index (χ4v) is 3.63. The molecule has 1 aromatic heterocycles. The second-order valence-corrected chi connectivity index (χ2v) is 5.65. The molecule has 1 fully saturated rings. The van der Waals surface area contributed by atoms with Crippen molar-refractivity contribution in [3.8, 4) is 0 Å². The normalized spacial score (nSPS) is 25.3. The second kappa shape index (κ2) is 4.24. The topological polar surface area (TPSA) is 51.2 Å². The fourth-order valence-electron chi connectivity index (χ4n) is 2.35. The molecule has 0 saturated carbocycles. The van der Waals surface area contributed by atoms with Crippen molar-refractivity contribution in [2.75, 3.05) is 12.4 Å². The molecule has 1 atom stereocenters. The number of rotatable bonds is 0. The van der Waals surface area contributed by atoms with Crippen LogP contribution in [0, 0.1) is 5.82 Å². The maximum Gasteiger partial charge on any atom is 0.436 e. The van der Waals surface area contributed by atoms with Crippen molar-refractivity contribution in [3.05, 3.63) is 23.3 Å². The van der Waals surface area contributed by atoms with Gasteiger partial charge in [-0.3, -0.25) is 0 Å². The number of nitrogens with one attached hydrogen (secondary N) is 1. The number of carbonyl (C=O) groups is 1. The summed E-state index contributed by atoms with van der Waals surface area (Å²) in [7, 11) is 0. The average Bonchev–Trinajstić information content (AvgIpc) is 2.72. The summed E-state index contributed by atoms with van der Waals surface area (Å²) in [4.78, 5) is 14.3. The van der Waals surface area contributed by atoms with E-state index in [1.165, 1.54) is 0 Å². The number of thioether (sulfide) groups is 1. The van der Waals surface area contributed by atoms with Crippen LogP contribution in [0.25, 0.3) is 0 Å². The van der Waals surface area contributed by atoms with Gasteiger partial charge in [0.25, 0.3) is 0 Å². The van der Waals surface area contributed by atoms with Gasteiger partial charge in [-0.25, -0.2) is 14.2 Å². The van der Waals surface area contributed by atoms with E-state index in [1.807, 2.05) is 0 Å². The highest BCUT2D eigenvalue weighted by atomic mass is 32.2. The number of hydrogen-bond acceptors (Lipinski definition) is 4. The van der Waals surface area contributed by atoms with Gasteiger partial charge in [-0.15, -0.1) is 11.8 Å². The van der Waals surface area contributed by atoms with Crippen molar-refractivity contribution >= 4 is 17.9 Å². The molecule has 0 radical (unpaired) electrons. The van der Waals surface area contributed by atoms with Crippen LogP contribution < -0.4 is 5.32 Å². The minimum absolute atomic E-state index is 0.0358. The first-order valence-electron chi connectivity index (χ1n) is 5.67. The third-order valence-electron chi connectivity index (χ3n) is 3.32. The summed E-state index contributed by atoms with van der Waals surface area (Å²) in [5.41, 5.74) is -2.27. The van der Waals surface area contributed by atoms with E-state index in [9.17, 15) is 22.4 Å². The van der Waals surface area contributed by atoms with E-state index in [1.54, 1.807) is 0 Å². The highest BCUT2D eigenvalue weighted by Gasteiger charge is 2.47. The molecular weight excluding hydrogens is 300 g/mol. The molecule has 1 aromatic rings. The molecular formula is C11H8F4N2O2S. The Labute approximate surface area is 114 Å². The number of nitrogens with zero attached hydrogens (tertiary/aromatic N) is 1. The summed E-state index contributed by atoms with van der Waals surface area (Å²) >= 11 is 0.986. The first-order chi connectivity index (χ1) is 9.33. The summed E-state index contributed by atoms with van der Waals surface area (Å²) in [5.74, 6) is -1.00. The number of alkyl carbamates (subject to hydrolysis) is 1. The van der Waals surface area contributed by atoms with Crippen LogP contribution in [0.1, 0.15) is 17.7 Å². The Morgan fingerprint density at radius 2 is 2.20 bits per heavy atom. The van der Waals surface area contributed by atoms with Crippen LogP contribution in [-0.4, -0.2) is 23.4 Å². The third-order valence-corrected chi connectivity index (χ3v) is 4.42. The number of halogens is 4. The van der Waals surface area contributed by atoms with Crippen molar-refractivity contribution in [1.82, 2.24) is 10.3 Å². The Balaban J connectivity index is 2.13. The number of pyridine rings is 1. The molecule has 0 aliphatic carbocycles. The third kappa shape index (κ3) is 1.91. The minimum atomic E-state index is -4.85. The highest BCUT2D eigenvalue weighted by Crippen LogP contribution is 2.45. The predicted octanol–water partition coefficient (Wildman–Crippen LogP) is 2.67. The van der Waals surface area contributed by atoms with E-state index in [2.05, 4.69) is 10.3 Å². The van der Waals surface area contributed by atoms with Crippen LogP contribution in [0.4, 0.5) is 22.4 Å². The summed E-state index contributed by atoms with van der Waals surface area (Å²) in [6, 6.07) is 0. The Morgan fingerprint density at radius 3 is 2.80 bits per heavy atom. The minimum Gasteiger partial charge on any atom is -0.447 e. The molecule has 1 spiro atoms. The quantitative estimate of drug-likeness (QED) is 0.749. The first-order valence-corrected chi connectivity index (χ1v) is 6.66. The van der Waals surface area contributed by atoms with Gasteiger partial charge in [0.2, 0.25) is 0 Å². The van der Waals surface area contributed by atoms with Gasteiger partial charge in [-0.05, 0) is 6.42 Å². The van der Waals surface area contributed by atoms with Crippen molar-refractivity contribution in [1.29, 1.82) is 0 Å². The lowest BCUT2D eigenvalue weighted by molar-refractivity contribution is -0.144. The zero-order chi connectivity index (χ0) is 14.5. The van der Waals surface area contributed by atoms with Crippen LogP contribution in [0.15, 0.2) is 11.1 Å². The lowest BCUT2D eigenvalue weighted by Gasteiger charge is -2.33. The summed E-state index contributed by atoms with van der Waals surface area (Å²) in [5, 5.41) is 2.55. The molecule has 1 N–H and O–H groups in total. The molecule has 1 saturated heterocycles. The van der Waals surface area contributed by atoms with Crippen LogP contribution >= 0.6 is 11.8 Å². The Bertz CT molecular complexity index is 593. The van der Waals surface area contributed by atoms with E-state index in [0.717, 1.165) is 18.0 Å². The largest absolute Gasteiger partial charge is 0.447 e. The standard InChI is InChI=1S/C11H8F4N2O2S/c12-6-7-5(3-16-8(6)11(13,14)15)10(1-2-20-7)4-19-9(18)17-10/h3H,1-2,4H2,(H,17,18)/t10-/m1/s1. The monoisotopic (exact) mass is 308 g/mol. The molecule has 4 nitrogen and oxygen atoms in total. The molecule has 2 aliphatic rings. The molecule has 3 rings (SSSR count). The molecule has 0 aromatic carbocycles. The van der Waals surface area contributed by atoms with Gasteiger partial charge in [0, 0.05) is 17.5 Å². The van der Waals surface area contributed by atoms with Crippen LogP contribution in [0.3, 0.4) is 0 Å². The van der Waals surface area contributed by atoms with Gasteiger partial charge >= 0.3 is 12.3 Å². The van der Waals surface area contributed by atoms with Crippen LogP contribution in [0.5, 0.6) is 0 Å². The van der Waals surface area contributed by atoms with Crippen molar-refractivity contribution < 1.29 is 27.1 Å². The summed E-state index contributed by atoms with van der Waals surface area (Å²) in [6.07, 6.45) is -4.09. The maximum absolute atomic E-state index is 14.0. The van der Waals surface area contributed by atoms with Gasteiger partial charge in [-0.2, -0.15) is 13.2 Å². The zero-order valence-corrected chi connectivity index (χ0v) is 10.7. The number of amides is 1. The van der Waals surface area contributed by atoms with Crippen molar-refractivity contribution in [3.63, 3.8) is 0 Å². The number of hydrogen-bond donors (Lipinski definition) is 1. The van der Waals surface area contributed by atoms with E-state index in [-0.39, 0.29) is 17.1 Å². The SMILES string of the molecule is O=C1N[C@]2(CCSc3c2cnc(C(F)(F)F)c3F)CO1. The van der Waals surface area contributed by atoms with E-state index in [4.69, 9.17) is 4.74 Å². The Kier molecular flexibility index (Phi) is 2.86. The van der Waals surface area contributed by atoms with Gasteiger partial charge in [-0.1, -0.05) is 0 Å².